The molecule has 0 saturated carbocycles. The molecule has 1 unspecified atom stereocenters. The fourth-order valence-electron chi connectivity index (χ4n) is 0. The first-order valence-corrected chi connectivity index (χ1v) is 1.88. The van der Waals surface area contributed by atoms with Gasteiger partial charge in [-0.2, -0.15) is 5.26 Å². The second-order valence-electron chi connectivity index (χ2n) is 0.340. The summed E-state index contributed by atoms with van der Waals surface area (Å²) in [6, 6.07) is 0. The fraction of sp³-hybridized carbons (Fsp3) is 0. The minimum Gasteiger partial charge on any atom is -1.00 e. The maximum atomic E-state index is 9.12. The molecule has 0 saturated heterocycles. The van der Waals surface area contributed by atoms with E-state index in [1.54, 1.807) is 0 Å². The van der Waals surface area contributed by atoms with E-state index >= 15 is 0 Å². The molecule has 5 heteroatoms. The van der Waals surface area contributed by atoms with Gasteiger partial charge >= 0.3 is 29.6 Å². The summed E-state index contributed by atoms with van der Waals surface area (Å²) in [4.78, 5) is 0. The van der Waals surface area contributed by atoms with E-state index in [-0.39, 0.29) is 31.0 Å². The largest absolute Gasteiger partial charge is 1.00 e. The minimum absolute atomic E-state index is 0. The van der Waals surface area contributed by atoms with Gasteiger partial charge in [0.25, 0.3) is 11.1 Å². The molecule has 0 aromatic heterocycles. The molecule has 0 aliphatic heterocycles. The fourth-order valence-corrected chi connectivity index (χ4v) is 0. The smallest absolute Gasteiger partial charge is 1.00 e. The molecule has 1 N–H and O–H groups in total. The van der Waals surface area contributed by atoms with Gasteiger partial charge in [-0.15, -0.1) is 0 Å². The summed E-state index contributed by atoms with van der Waals surface area (Å²) >= 11 is -2.27. The van der Waals surface area contributed by atoms with Crippen molar-refractivity contribution in [3.05, 3.63) is 0 Å². The maximum Gasteiger partial charge on any atom is 1.00 e. The van der Waals surface area contributed by atoms with Crippen molar-refractivity contribution in [2.24, 2.45) is 0 Å². The van der Waals surface area contributed by atoms with Crippen molar-refractivity contribution < 1.29 is 39.7 Å². The zero-order chi connectivity index (χ0) is 4.28. The van der Waals surface area contributed by atoms with Crippen LogP contribution in [0.3, 0.4) is 0 Å². The van der Waals surface area contributed by atoms with E-state index in [0.29, 0.717) is 0 Å². The summed E-state index contributed by atoms with van der Waals surface area (Å²) in [7, 11) is 0. The van der Waals surface area contributed by atoms with Gasteiger partial charge in [-0.05, 0) is 0 Å². The second-order valence-corrected chi connectivity index (χ2v) is 1.02. The molecular weight excluding hydrogens is 113 g/mol. The SMILES string of the molecule is N#CS(=O)O.[H-].[Na+]. The predicted octanol–water partition coefficient (Wildman–Crippen LogP) is -3.19. The number of nitriles is 1. The first kappa shape index (κ1) is 9.78. The van der Waals surface area contributed by atoms with E-state index in [9.17, 15) is 0 Å². The van der Waals surface area contributed by atoms with Crippen molar-refractivity contribution in [3.8, 4) is 5.40 Å². The van der Waals surface area contributed by atoms with Crippen LogP contribution in [0.2, 0.25) is 0 Å². The quantitative estimate of drug-likeness (QED) is 0.205. The molecule has 30 valence electrons. The molecule has 0 rings (SSSR count). The standard InChI is InChI=1S/CHNO2S.Na.H/c2-1-5(3)4;;/h(H,3,4);;/q;+1;-1. The van der Waals surface area contributed by atoms with E-state index < -0.39 is 11.1 Å². The molecule has 1 atom stereocenters. The summed E-state index contributed by atoms with van der Waals surface area (Å²) in [5.41, 5.74) is 0. The second kappa shape index (κ2) is 5.60. The number of rotatable bonds is 0. The van der Waals surface area contributed by atoms with Crippen LogP contribution in [0.5, 0.6) is 0 Å². The van der Waals surface area contributed by atoms with Crippen molar-refractivity contribution >= 4 is 11.1 Å². The van der Waals surface area contributed by atoms with Crippen LogP contribution in [0.4, 0.5) is 0 Å². The third-order valence-corrected chi connectivity index (χ3v) is 0.234. The summed E-state index contributed by atoms with van der Waals surface area (Å²) in [6.07, 6.45) is 0. The molecule has 0 radical (unpaired) electrons. The van der Waals surface area contributed by atoms with E-state index in [2.05, 4.69) is 0 Å². The Bertz CT molecular complexity index is 90.2. The van der Waals surface area contributed by atoms with Gasteiger partial charge in [-0.25, -0.2) is 4.21 Å². The zero-order valence-corrected chi connectivity index (χ0v) is 6.03. The van der Waals surface area contributed by atoms with Crippen LogP contribution in [0.15, 0.2) is 0 Å². The van der Waals surface area contributed by atoms with Crippen LogP contribution in [-0.4, -0.2) is 8.76 Å². The van der Waals surface area contributed by atoms with Crippen molar-refractivity contribution in [2.75, 3.05) is 0 Å². The zero-order valence-electron chi connectivity index (χ0n) is 4.21. The molecule has 3 nitrogen and oxygen atoms in total. The molecule has 6 heavy (non-hydrogen) atoms. The van der Waals surface area contributed by atoms with Crippen LogP contribution in [0.1, 0.15) is 1.43 Å². The van der Waals surface area contributed by atoms with Gasteiger partial charge < -0.3 is 1.43 Å². The average molecular weight is 115 g/mol. The van der Waals surface area contributed by atoms with Gasteiger partial charge in [-0.1, -0.05) is 0 Å². The Labute approximate surface area is 61.4 Å². The normalized spacial score (nSPS) is 10.7. The summed E-state index contributed by atoms with van der Waals surface area (Å²) in [6.45, 7) is 0. The van der Waals surface area contributed by atoms with E-state index in [4.69, 9.17) is 14.0 Å². The van der Waals surface area contributed by atoms with Gasteiger partial charge in [0.05, 0.1) is 0 Å². The third kappa shape index (κ3) is 8.82. The van der Waals surface area contributed by atoms with Crippen molar-refractivity contribution in [2.45, 2.75) is 0 Å². The third-order valence-electron chi connectivity index (χ3n) is 0.0781. The van der Waals surface area contributed by atoms with Crippen molar-refractivity contribution in [1.82, 2.24) is 0 Å². The van der Waals surface area contributed by atoms with Gasteiger partial charge in [0, 0.05) is 0 Å². The molecule has 0 aromatic rings. The molecule has 0 aliphatic rings. The number of thiocyanates is 1. The van der Waals surface area contributed by atoms with E-state index in [1.165, 1.54) is 0 Å². The van der Waals surface area contributed by atoms with Gasteiger partial charge in [-0.3, -0.25) is 4.55 Å². The molecule has 0 aromatic carbocycles. The van der Waals surface area contributed by atoms with Crippen LogP contribution < -0.4 is 29.6 Å². The first-order chi connectivity index (χ1) is 2.27. The van der Waals surface area contributed by atoms with Crippen LogP contribution in [0, 0.1) is 10.7 Å². The number of hydrogen-bond acceptors (Lipinski definition) is 2. The van der Waals surface area contributed by atoms with Crippen LogP contribution >= 0.6 is 0 Å². The van der Waals surface area contributed by atoms with Crippen LogP contribution in [-0.2, 0) is 11.1 Å². The Balaban J connectivity index is -0.0000000800. The molecule has 0 aliphatic carbocycles. The Hall–Kier alpha value is 0.600. The molecular formula is CH2NNaO2S. The number of nitrogens with zero attached hydrogens (tertiary/aromatic N) is 1. The summed E-state index contributed by atoms with van der Waals surface area (Å²) in [5.74, 6) is 0. The predicted molar refractivity (Wildman–Crippen MR) is 17.5 cm³/mol. The van der Waals surface area contributed by atoms with E-state index in [0.717, 1.165) is 5.40 Å². The maximum absolute atomic E-state index is 9.12. The monoisotopic (exact) mass is 115 g/mol. The Morgan fingerprint density at radius 1 is 2.00 bits per heavy atom. The summed E-state index contributed by atoms with van der Waals surface area (Å²) in [5, 5.41) is 8.40. The molecule has 0 amide bonds. The summed E-state index contributed by atoms with van der Waals surface area (Å²) < 4.78 is 16.6. The molecule has 0 spiro atoms. The van der Waals surface area contributed by atoms with Crippen LogP contribution in [0.25, 0.3) is 0 Å². The van der Waals surface area contributed by atoms with Gasteiger partial charge in [0.15, 0.2) is 5.40 Å². The first-order valence-electron chi connectivity index (χ1n) is 0.777. The molecule has 0 heterocycles. The molecule has 0 fully saturated rings. The van der Waals surface area contributed by atoms with Gasteiger partial charge in [0.1, 0.15) is 0 Å². The topological polar surface area (TPSA) is 61.1 Å². The number of hydrogen-bond donors (Lipinski definition) is 1. The van der Waals surface area contributed by atoms with Crippen molar-refractivity contribution in [1.29, 1.82) is 5.26 Å². The Morgan fingerprint density at radius 2 is 2.17 bits per heavy atom. The van der Waals surface area contributed by atoms with Crippen molar-refractivity contribution in [3.63, 3.8) is 0 Å². The molecule has 0 bridgehead atoms. The Morgan fingerprint density at radius 3 is 2.17 bits per heavy atom. The minimum atomic E-state index is -2.27. The Kier molecular flexibility index (Phi) is 9.13. The average Bonchev–Trinajstić information content (AvgIpc) is 1.38. The van der Waals surface area contributed by atoms with Gasteiger partial charge in [0.2, 0.25) is 0 Å². The van der Waals surface area contributed by atoms with E-state index in [1.807, 2.05) is 0 Å².